The highest BCUT2D eigenvalue weighted by Gasteiger charge is 2.27. The molecule has 0 amide bonds. The highest BCUT2D eigenvalue weighted by molar-refractivity contribution is 7.85. The molecule has 0 bridgehead atoms. The Hall–Kier alpha value is -1.41. The molecule has 4 nitrogen and oxygen atoms in total. The Morgan fingerprint density at radius 2 is 2.05 bits per heavy atom. The second-order valence-corrected chi connectivity index (χ2v) is 5.47. The molecule has 1 rings (SSSR count). The number of carboxylic acids is 1. The Morgan fingerprint density at radius 3 is 2.65 bits per heavy atom. The minimum atomic E-state index is -4.37. The third-order valence-electron chi connectivity index (χ3n) is 2.23. The lowest BCUT2D eigenvalue weighted by Gasteiger charge is -2.07. The summed E-state index contributed by atoms with van der Waals surface area (Å²) in [5.41, 5.74) is 0.0178. The van der Waals surface area contributed by atoms with Gasteiger partial charge in [0.2, 0.25) is 0 Å². The van der Waals surface area contributed by atoms with Crippen LogP contribution in [0.3, 0.4) is 0 Å². The van der Waals surface area contributed by atoms with Crippen LogP contribution >= 0.6 is 0 Å². The molecule has 0 fully saturated rings. The number of carboxylic acid groups (broad SMARTS) is 1. The summed E-state index contributed by atoms with van der Waals surface area (Å²) in [6.45, 7) is -1.47. The summed E-state index contributed by atoms with van der Waals surface area (Å²) in [4.78, 5) is 11.1. The fourth-order valence-corrected chi connectivity index (χ4v) is 2.47. The number of benzene rings is 1. The summed E-state index contributed by atoms with van der Waals surface area (Å²) in [7, 11) is -1.46. The first kappa shape index (κ1) is 16.6. The van der Waals surface area contributed by atoms with E-state index >= 15 is 0 Å². The topological polar surface area (TPSA) is 63.6 Å². The molecule has 0 heterocycles. The van der Waals surface area contributed by atoms with E-state index in [9.17, 15) is 22.2 Å². The molecule has 1 aromatic carbocycles. The molecule has 0 spiro atoms. The number of hydrogen-bond donors (Lipinski definition) is 1. The van der Waals surface area contributed by atoms with Crippen molar-refractivity contribution in [2.24, 2.45) is 0 Å². The zero-order valence-corrected chi connectivity index (χ0v) is 11.2. The van der Waals surface area contributed by atoms with Crippen LogP contribution in [0.1, 0.15) is 16.8 Å². The van der Waals surface area contributed by atoms with Crippen molar-refractivity contribution in [3.05, 3.63) is 29.8 Å². The molecule has 0 saturated heterocycles. The Kier molecular flexibility index (Phi) is 6.15. The summed E-state index contributed by atoms with van der Waals surface area (Å²) < 4.78 is 51.6. The quantitative estimate of drug-likeness (QED) is 0.786. The van der Waals surface area contributed by atoms with Gasteiger partial charge in [-0.05, 0) is 24.6 Å². The number of rotatable bonds is 7. The van der Waals surface area contributed by atoms with E-state index in [1.54, 1.807) is 0 Å². The average Bonchev–Trinajstić information content (AvgIpc) is 2.37. The smallest absolute Gasteiger partial charge is 0.411 e. The van der Waals surface area contributed by atoms with E-state index in [-0.39, 0.29) is 24.3 Å². The van der Waals surface area contributed by atoms with Gasteiger partial charge in [0.15, 0.2) is 0 Å². The Balaban J connectivity index is 2.40. The van der Waals surface area contributed by atoms with E-state index in [2.05, 4.69) is 4.74 Å². The molecular formula is C12H13F3O4S. The van der Waals surface area contributed by atoms with Gasteiger partial charge in [0.1, 0.15) is 6.61 Å². The van der Waals surface area contributed by atoms with Crippen molar-refractivity contribution in [2.45, 2.75) is 17.5 Å². The third kappa shape index (κ3) is 6.16. The maximum absolute atomic E-state index is 11.8. The van der Waals surface area contributed by atoms with Crippen LogP contribution in [-0.2, 0) is 15.5 Å². The normalized spacial score (nSPS) is 13.2. The van der Waals surface area contributed by atoms with Gasteiger partial charge < -0.3 is 9.84 Å². The maximum atomic E-state index is 11.8. The summed E-state index contributed by atoms with van der Waals surface area (Å²) in [6.07, 6.45) is -4.17. The van der Waals surface area contributed by atoms with E-state index < -0.39 is 29.6 Å². The Bertz CT molecular complexity index is 488. The minimum Gasteiger partial charge on any atom is -0.478 e. The van der Waals surface area contributed by atoms with Crippen molar-refractivity contribution >= 4 is 16.8 Å². The summed E-state index contributed by atoms with van der Waals surface area (Å²) >= 11 is 0. The lowest BCUT2D eigenvalue weighted by atomic mass is 10.2. The van der Waals surface area contributed by atoms with Crippen LogP contribution in [-0.4, -0.2) is 40.4 Å². The Morgan fingerprint density at radius 1 is 1.35 bits per heavy atom. The molecule has 0 aromatic heterocycles. The number of halogens is 3. The van der Waals surface area contributed by atoms with Gasteiger partial charge in [0, 0.05) is 17.3 Å². The second-order valence-electron chi connectivity index (χ2n) is 3.90. The molecule has 0 radical (unpaired) electrons. The van der Waals surface area contributed by atoms with Crippen LogP contribution in [0.2, 0.25) is 0 Å². The lowest BCUT2D eigenvalue weighted by Crippen LogP contribution is -2.18. The Labute approximate surface area is 116 Å². The number of aromatic carboxylic acids is 1. The van der Waals surface area contributed by atoms with Crippen LogP contribution in [0.25, 0.3) is 0 Å². The van der Waals surface area contributed by atoms with Gasteiger partial charge in [0.05, 0.1) is 16.4 Å². The molecule has 0 aliphatic carbocycles. The van der Waals surface area contributed by atoms with Crippen LogP contribution in [0, 0.1) is 0 Å². The van der Waals surface area contributed by atoms with E-state index in [0.29, 0.717) is 4.90 Å². The van der Waals surface area contributed by atoms with Gasteiger partial charge in [-0.25, -0.2) is 4.79 Å². The monoisotopic (exact) mass is 310 g/mol. The van der Waals surface area contributed by atoms with E-state index in [4.69, 9.17) is 5.11 Å². The minimum absolute atomic E-state index is 0.0178. The van der Waals surface area contributed by atoms with Gasteiger partial charge in [-0.15, -0.1) is 0 Å². The fraction of sp³-hybridized carbons (Fsp3) is 0.417. The molecule has 8 heteroatoms. The molecule has 1 atom stereocenters. The molecule has 0 aliphatic heterocycles. The largest absolute Gasteiger partial charge is 0.478 e. The van der Waals surface area contributed by atoms with Crippen molar-refractivity contribution in [1.82, 2.24) is 0 Å². The van der Waals surface area contributed by atoms with E-state index in [1.165, 1.54) is 24.3 Å². The number of carbonyl (C=O) groups is 1. The summed E-state index contributed by atoms with van der Waals surface area (Å²) in [5, 5.41) is 8.79. The first-order chi connectivity index (χ1) is 9.29. The fourth-order valence-electron chi connectivity index (χ4n) is 1.37. The van der Waals surface area contributed by atoms with Crippen LogP contribution in [0.4, 0.5) is 13.2 Å². The highest BCUT2D eigenvalue weighted by atomic mass is 32.2. The molecule has 1 unspecified atom stereocenters. The zero-order chi connectivity index (χ0) is 15.2. The molecule has 1 N–H and O–H groups in total. The van der Waals surface area contributed by atoms with Gasteiger partial charge in [0.25, 0.3) is 0 Å². The van der Waals surface area contributed by atoms with Crippen LogP contribution < -0.4 is 0 Å². The summed E-state index contributed by atoms with van der Waals surface area (Å²) in [5.74, 6) is -1.02. The lowest BCUT2D eigenvalue weighted by molar-refractivity contribution is -0.173. The van der Waals surface area contributed by atoms with Crippen molar-refractivity contribution < 1.29 is 32.0 Å². The molecule has 0 saturated carbocycles. The predicted molar refractivity (Wildman–Crippen MR) is 66.2 cm³/mol. The number of hydrogen-bond acceptors (Lipinski definition) is 3. The van der Waals surface area contributed by atoms with Gasteiger partial charge in [-0.3, -0.25) is 4.21 Å². The van der Waals surface area contributed by atoms with Crippen LogP contribution in [0.15, 0.2) is 29.2 Å². The van der Waals surface area contributed by atoms with E-state index in [1.807, 2.05) is 0 Å². The summed E-state index contributed by atoms with van der Waals surface area (Å²) in [6, 6.07) is 5.64. The molecule has 112 valence electrons. The zero-order valence-electron chi connectivity index (χ0n) is 10.4. The third-order valence-corrected chi connectivity index (χ3v) is 3.67. The predicted octanol–water partition coefficient (Wildman–Crippen LogP) is 2.46. The standard InChI is InChI=1S/C12H13F3O4S/c13-12(14,15)8-19-5-2-6-20(18)10-4-1-3-9(7-10)11(16)17/h1,3-4,7H,2,5-6,8H2,(H,16,17). The van der Waals surface area contributed by atoms with E-state index in [0.717, 1.165) is 0 Å². The van der Waals surface area contributed by atoms with Gasteiger partial charge >= 0.3 is 12.1 Å². The van der Waals surface area contributed by atoms with Crippen molar-refractivity contribution in [3.8, 4) is 0 Å². The maximum Gasteiger partial charge on any atom is 0.411 e. The molecular weight excluding hydrogens is 297 g/mol. The highest BCUT2D eigenvalue weighted by Crippen LogP contribution is 2.15. The van der Waals surface area contributed by atoms with Crippen molar-refractivity contribution in [2.75, 3.05) is 19.0 Å². The molecule has 0 aliphatic rings. The van der Waals surface area contributed by atoms with Crippen molar-refractivity contribution in [1.29, 1.82) is 0 Å². The SMILES string of the molecule is O=C(O)c1cccc(S(=O)CCCOCC(F)(F)F)c1. The molecule has 1 aromatic rings. The van der Waals surface area contributed by atoms with Gasteiger partial charge in [-0.1, -0.05) is 6.07 Å². The number of ether oxygens (including phenoxy) is 1. The average molecular weight is 310 g/mol. The molecule has 20 heavy (non-hydrogen) atoms. The van der Waals surface area contributed by atoms with Crippen LogP contribution in [0.5, 0.6) is 0 Å². The number of alkyl halides is 3. The van der Waals surface area contributed by atoms with Gasteiger partial charge in [-0.2, -0.15) is 13.2 Å². The van der Waals surface area contributed by atoms with Crippen molar-refractivity contribution in [3.63, 3.8) is 0 Å². The second kappa shape index (κ2) is 7.39. The first-order valence-corrected chi connectivity index (χ1v) is 6.98. The first-order valence-electron chi connectivity index (χ1n) is 5.66.